The number of pyridine rings is 2. The predicted octanol–water partition coefficient (Wildman–Crippen LogP) is 28.1. The fraction of sp³-hybridized carbons (Fsp3) is 0.0600. The molecule has 0 bridgehead atoms. The van der Waals surface area contributed by atoms with E-state index in [1.54, 1.807) is 0 Å². The van der Waals surface area contributed by atoms with E-state index in [4.69, 9.17) is 18.8 Å². The Bertz CT molecular complexity index is 6870. The van der Waals surface area contributed by atoms with Crippen LogP contribution in [0.25, 0.3) is 198 Å². The SMILES string of the molecule is Cc1cc(C)c(-c2ccc3c(c2)c2cc(-c4c(C)cc(C)cc4C)ccc2c2nc(-c4cccc(-c5cccc6c5oc5ccccc56)c4)ccc32)c(C)c1.c1ccc(-c2ccc3c(c2)c2cc(-c4ccccc4)ccc2c2nc(-c4cccc(-c5cccc6c5oc5ccccc56)c4)ccc32)cc1. The highest BCUT2D eigenvalue weighted by Crippen LogP contribution is 2.45. The smallest absolute Gasteiger partial charge is 0.143 e. The molecule has 0 aliphatic rings. The molecule has 492 valence electrons. The van der Waals surface area contributed by atoms with Gasteiger partial charge in [-0.25, -0.2) is 9.97 Å². The molecule has 4 nitrogen and oxygen atoms in total. The summed E-state index contributed by atoms with van der Waals surface area (Å²) in [5.74, 6) is 0. The van der Waals surface area contributed by atoms with Gasteiger partial charge in [-0.15, -0.1) is 0 Å². The summed E-state index contributed by atoms with van der Waals surface area (Å²) >= 11 is 0. The summed E-state index contributed by atoms with van der Waals surface area (Å²) in [4.78, 5) is 10.9. The van der Waals surface area contributed by atoms with E-state index in [9.17, 15) is 0 Å². The predicted molar refractivity (Wildman–Crippen MR) is 440 cm³/mol. The second-order valence-electron chi connectivity index (χ2n) is 28.2. The van der Waals surface area contributed by atoms with E-state index in [1.807, 2.05) is 24.3 Å². The highest BCUT2D eigenvalue weighted by molar-refractivity contribution is 6.27. The number of hydrogen-bond acceptors (Lipinski definition) is 4. The molecule has 0 fully saturated rings. The maximum absolute atomic E-state index is 6.43. The topological polar surface area (TPSA) is 52.1 Å². The average Bonchev–Trinajstić information content (AvgIpc) is 0.853. The van der Waals surface area contributed by atoms with Gasteiger partial charge in [0.05, 0.1) is 22.4 Å². The highest BCUT2D eigenvalue weighted by atomic mass is 16.3. The van der Waals surface area contributed by atoms with Gasteiger partial charge in [-0.05, 0) is 225 Å². The number of para-hydroxylation sites is 4. The maximum Gasteiger partial charge on any atom is 0.143 e. The van der Waals surface area contributed by atoms with Crippen LogP contribution in [0.2, 0.25) is 0 Å². The number of aromatic nitrogens is 2. The molecule has 16 aromatic carbocycles. The standard InChI is InChI=1S/C53H41NO.C47H29NO/c1-30-23-32(3)50(33(4)24-30)38-17-19-41-43-21-22-48(37-12-9-11-36(27-37)40-14-10-15-45-42-13-7-8-16-49(42)55-53(40)45)54-52(43)44-20-18-39(29-47(44)46(41)28-38)51-34(5)25-31(2)26-35(51)6;1-3-11-30(12-4-1)32-21-23-37-39-25-26-44(48-46(39)40-24-22-33(29-43(40)42(37)28-32)31-13-5-2-6-14-31)35-16-9-15-34(27-35)36-18-10-19-41-38-17-7-8-20-45(38)49-47(36)41/h7-29H,1-6H3;1-29H. The van der Waals surface area contributed by atoms with Crippen molar-refractivity contribution >= 4 is 109 Å². The Morgan fingerprint density at radius 1 is 0.202 bits per heavy atom. The van der Waals surface area contributed by atoms with Crippen LogP contribution in [0.15, 0.2) is 324 Å². The molecule has 4 heteroatoms. The van der Waals surface area contributed by atoms with Crippen LogP contribution < -0.4 is 0 Å². The Labute approximate surface area is 603 Å². The summed E-state index contributed by atoms with van der Waals surface area (Å²) < 4.78 is 12.8. The Balaban J connectivity index is 0.000000144. The minimum atomic E-state index is 0.905. The average molecular weight is 1330 g/mol. The molecule has 0 unspecified atom stereocenters. The number of rotatable bonds is 8. The normalized spacial score (nSPS) is 11.8. The van der Waals surface area contributed by atoms with Gasteiger partial charge in [-0.2, -0.15) is 0 Å². The Morgan fingerprint density at radius 2 is 0.519 bits per heavy atom. The first-order chi connectivity index (χ1) is 51.0. The molecule has 0 radical (unpaired) electrons. The van der Waals surface area contributed by atoms with Crippen molar-refractivity contribution in [1.29, 1.82) is 0 Å². The fourth-order valence-electron chi connectivity index (χ4n) is 16.9. The first kappa shape index (κ1) is 62.0. The Hall–Kier alpha value is -13.0. The van der Waals surface area contributed by atoms with Crippen molar-refractivity contribution in [2.45, 2.75) is 41.5 Å². The lowest BCUT2D eigenvalue weighted by Gasteiger charge is -2.17. The van der Waals surface area contributed by atoms with Crippen molar-refractivity contribution < 1.29 is 8.83 Å². The molecule has 0 N–H and O–H groups in total. The first-order valence-corrected chi connectivity index (χ1v) is 35.9. The third kappa shape index (κ3) is 10.6. The van der Waals surface area contributed by atoms with E-state index < -0.39 is 0 Å². The quantitative estimate of drug-likeness (QED) is 0.142. The number of nitrogens with zero attached hydrogens (tertiary/aromatic N) is 2. The number of aryl methyl sites for hydroxylation is 6. The first-order valence-electron chi connectivity index (χ1n) is 35.9. The van der Waals surface area contributed by atoms with Gasteiger partial charge >= 0.3 is 0 Å². The molecule has 0 spiro atoms. The number of fused-ring (bicyclic) bond motifs is 18. The van der Waals surface area contributed by atoms with E-state index in [-0.39, 0.29) is 0 Å². The highest BCUT2D eigenvalue weighted by Gasteiger charge is 2.21. The molecule has 0 saturated carbocycles. The number of hydrogen-bond donors (Lipinski definition) is 0. The molecule has 0 aliphatic carbocycles. The third-order valence-electron chi connectivity index (χ3n) is 21.4. The molecule has 20 rings (SSSR count). The zero-order valence-corrected chi connectivity index (χ0v) is 58.7. The molecule has 4 heterocycles. The van der Waals surface area contributed by atoms with Crippen molar-refractivity contribution in [3.05, 3.63) is 349 Å². The van der Waals surface area contributed by atoms with Gasteiger partial charge in [0.2, 0.25) is 0 Å². The van der Waals surface area contributed by atoms with Crippen LogP contribution in [0.4, 0.5) is 0 Å². The second kappa shape index (κ2) is 24.9. The third-order valence-corrected chi connectivity index (χ3v) is 21.4. The van der Waals surface area contributed by atoms with Crippen LogP contribution in [0.3, 0.4) is 0 Å². The van der Waals surface area contributed by atoms with Crippen molar-refractivity contribution in [2.24, 2.45) is 0 Å². The summed E-state index contributed by atoms with van der Waals surface area (Å²) in [6.07, 6.45) is 0. The zero-order valence-electron chi connectivity index (χ0n) is 58.7. The van der Waals surface area contributed by atoms with Crippen LogP contribution in [-0.2, 0) is 0 Å². The van der Waals surface area contributed by atoms with Gasteiger partial charge in [0, 0.05) is 65.3 Å². The maximum atomic E-state index is 6.43. The van der Waals surface area contributed by atoms with E-state index in [1.165, 1.54) is 110 Å². The van der Waals surface area contributed by atoms with Crippen molar-refractivity contribution in [2.75, 3.05) is 0 Å². The molecule has 20 aromatic rings. The van der Waals surface area contributed by atoms with Gasteiger partial charge in [0.25, 0.3) is 0 Å². The van der Waals surface area contributed by atoms with E-state index in [0.29, 0.717) is 0 Å². The minimum absolute atomic E-state index is 0.905. The Morgan fingerprint density at radius 3 is 0.952 bits per heavy atom. The molecule has 0 aliphatic heterocycles. The van der Waals surface area contributed by atoms with Crippen molar-refractivity contribution in [1.82, 2.24) is 9.97 Å². The fourth-order valence-corrected chi connectivity index (χ4v) is 16.9. The number of furan rings is 2. The summed E-state index contributed by atoms with van der Waals surface area (Å²) in [5.41, 5.74) is 31.8. The Kier molecular flexibility index (Phi) is 14.9. The van der Waals surface area contributed by atoms with Crippen LogP contribution in [0, 0.1) is 41.5 Å². The van der Waals surface area contributed by atoms with Crippen LogP contribution >= 0.6 is 0 Å². The van der Waals surface area contributed by atoms with Crippen LogP contribution in [0.5, 0.6) is 0 Å². The molecule has 0 amide bonds. The summed E-state index contributed by atoms with van der Waals surface area (Å²) in [5, 5.41) is 16.5. The molecule has 0 atom stereocenters. The zero-order chi connectivity index (χ0) is 69.8. The van der Waals surface area contributed by atoms with Gasteiger partial charge < -0.3 is 8.83 Å². The van der Waals surface area contributed by atoms with Crippen molar-refractivity contribution in [3.8, 4) is 89.3 Å². The van der Waals surface area contributed by atoms with Crippen LogP contribution in [-0.4, -0.2) is 9.97 Å². The lowest BCUT2D eigenvalue weighted by atomic mass is 9.88. The molecule has 0 saturated heterocycles. The summed E-state index contributed by atoms with van der Waals surface area (Å²) in [6, 6.07) is 114. The molecular formula is C100H70N2O2. The molecule has 4 aromatic heterocycles. The van der Waals surface area contributed by atoms with E-state index in [0.717, 1.165) is 121 Å². The number of benzene rings is 16. The van der Waals surface area contributed by atoms with Gasteiger partial charge in [0.1, 0.15) is 22.3 Å². The van der Waals surface area contributed by atoms with Gasteiger partial charge in [-0.1, -0.05) is 254 Å². The second-order valence-corrected chi connectivity index (χ2v) is 28.2. The van der Waals surface area contributed by atoms with Gasteiger partial charge in [0.15, 0.2) is 0 Å². The lowest BCUT2D eigenvalue weighted by molar-refractivity contribution is 0.669. The minimum Gasteiger partial charge on any atom is -0.455 e. The lowest BCUT2D eigenvalue weighted by Crippen LogP contribution is -1.94. The summed E-state index contributed by atoms with van der Waals surface area (Å²) in [6.45, 7) is 13.3. The van der Waals surface area contributed by atoms with E-state index >= 15 is 0 Å². The van der Waals surface area contributed by atoms with Crippen molar-refractivity contribution in [3.63, 3.8) is 0 Å². The van der Waals surface area contributed by atoms with E-state index in [2.05, 4.69) is 333 Å². The monoisotopic (exact) mass is 1330 g/mol. The molecular weight excluding hydrogens is 1260 g/mol. The summed E-state index contributed by atoms with van der Waals surface area (Å²) in [7, 11) is 0. The van der Waals surface area contributed by atoms with Crippen LogP contribution in [0.1, 0.15) is 33.4 Å². The van der Waals surface area contributed by atoms with Gasteiger partial charge in [-0.3, -0.25) is 0 Å². The largest absolute Gasteiger partial charge is 0.455 e. The molecule has 104 heavy (non-hydrogen) atoms.